The number of amides is 1. The van der Waals surface area contributed by atoms with Crippen LogP contribution >= 0.6 is 0 Å². The number of anilines is 1. The molecule has 1 N–H and O–H groups in total. The summed E-state index contributed by atoms with van der Waals surface area (Å²) >= 11 is 0. The number of hydrogen-bond donors (Lipinski definition) is 1. The molecule has 1 aliphatic rings. The molecule has 2 heterocycles. The number of aromatic nitrogens is 1. The number of carbonyl (C=O) groups is 1. The molecule has 1 amide bonds. The molecule has 1 aliphatic heterocycles. The van der Waals surface area contributed by atoms with Crippen molar-refractivity contribution in [2.45, 2.75) is 19.8 Å². The number of carbonyl (C=O) groups excluding carboxylic acids is 1. The van der Waals surface area contributed by atoms with Crippen molar-refractivity contribution >= 4 is 22.5 Å². The highest BCUT2D eigenvalue weighted by Crippen LogP contribution is 2.33. The number of pyridine rings is 1. The van der Waals surface area contributed by atoms with Gasteiger partial charge in [0, 0.05) is 16.6 Å². The van der Waals surface area contributed by atoms with E-state index in [1.165, 1.54) is 29.5 Å². The summed E-state index contributed by atoms with van der Waals surface area (Å²) in [4.78, 5) is 19.5. The monoisotopic (exact) mass is 421 g/mol. The predicted molar refractivity (Wildman–Crippen MR) is 132 cm³/mol. The topological polar surface area (TPSA) is 45.2 Å². The van der Waals surface area contributed by atoms with Crippen LogP contribution < -0.4 is 5.32 Å². The van der Waals surface area contributed by atoms with Gasteiger partial charge in [-0.2, -0.15) is 0 Å². The van der Waals surface area contributed by atoms with Crippen LogP contribution in [0.4, 0.5) is 5.69 Å². The SMILES string of the molecule is Cc1ccc2nc(-c3ccc(NC(=O)CN4CCCC4)cc3)cc(-c3ccccc3)c2c1. The molecule has 160 valence electrons. The summed E-state index contributed by atoms with van der Waals surface area (Å²) in [6, 6.07) is 27.0. The van der Waals surface area contributed by atoms with Crippen molar-refractivity contribution in [2.24, 2.45) is 0 Å². The quantitative estimate of drug-likeness (QED) is 0.436. The molecule has 4 heteroatoms. The Morgan fingerprint density at radius 2 is 1.66 bits per heavy atom. The van der Waals surface area contributed by atoms with Crippen LogP contribution in [0.25, 0.3) is 33.3 Å². The van der Waals surface area contributed by atoms with Crippen molar-refractivity contribution in [1.82, 2.24) is 9.88 Å². The van der Waals surface area contributed by atoms with E-state index in [0.717, 1.165) is 40.9 Å². The summed E-state index contributed by atoms with van der Waals surface area (Å²) in [5.41, 5.74) is 7.33. The first-order valence-corrected chi connectivity index (χ1v) is 11.3. The van der Waals surface area contributed by atoms with Crippen molar-refractivity contribution < 1.29 is 4.79 Å². The molecule has 0 saturated carbocycles. The molecular formula is C28H27N3O. The fourth-order valence-electron chi connectivity index (χ4n) is 4.41. The van der Waals surface area contributed by atoms with Crippen LogP contribution in [0, 0.1) is 6.92 Å². The third-order valence-corrected chi connectivity index (χ3v) is 6.08. The maximum Gasteiger partial charge on any atom is 0.238 e. The molecule has 0 atom stereocenters. The van der Waals surface area contributed by atoms with Gasteiger partial charge < -0.3 is 5.32 Å². The van der Waals surface area contributed by atoms with E-state index in [4.69, 9.17) is 4.98 Å². The van der Waals surface area contributed by atoms with Crippen LogP contribution in [0.15, 0.2) is 78.9 Å². The Hall–Kier alpha value is -3.50. The minimum absolute atomic E-state index is 0.0465. The first-order valence-electron chi connectivity index (χ1n) is 11.3. The van der Waals surface area contributed by atoms with Gasteiger partial charge in [-0.05, 0) is 74.3 Å². The van der Waals surface area contributed by atoms with Crippen LogP contribution in [0.2, 0.25) is 0 Å². The van der Waals surface area contributed by atoms with Crippen molar-refractivity contribution in [2.75, 3.05) is 25.0 Å². The van der Waals surface area contributed by atoms with Crippen molar-refractivity contribution in [3.8, 4) is 22.4 Å². The summed E-state index contributed by atoms with van der Waals surface area (Å²) < 4.78 is 0. The molecule has 4 aromatic rings. The highest BCUT2D eigenvalue weighted by atomic mass is 16.2. The molecule has 3 aromatic carbocycles. The normalized spacial score (nSPS) is 14.0. The number of nitrogens with zero attached hydrogens (tertiary/aromatic N) is 2. The van der Waals surface area contributed by atoms with Gasteiger partial charge >= 0.3 is 0 Å². The lowest BCUT2D eigenvalue weighted by molar-refractivity contribution is -0.117. The fraction of sp³-hybridized carbons (Fsp3) is 0.214. The van der Waals surface area contributed by atoms with E-state index in [1.54, 1.807) is 0 Å². The lowest BCUT2D eigenvalue weighted by atomic mass is 9.97. The van der Waals surface area contributed by atoms with Crippen LogP contribution in [0.5, 0.6) is 0 Å². The molecule has 0 aliphatic carbocycles. The zero-order valence-corrected chi connectivity index (χ0v) is 18.3. The van der Waals surface area contributed by atoms with Gasteiger partial charge in [0.2, 0.25) is 5.91 Å². The molecule has 32 heavy (non-hydrogen) atoms. The lowest BCUT2D eigenvalue weighted by Gasteiger charge is -2.14. The zero-order valence-electron chi connectivity index (χ0n) is 18.3. The van der Waals surface area contributed by atoms with Crippen molar-refractivity contribution in [3.05, 3.63) is 84.4 Å². The van der Waals surface area contributed by atoms with E-state index < -0.39 is 0 Å². The van der Waals surface area contributed by atoms with Gasteiger partial charge in [-0.1, -0.05) is 54.1 Å². The van der Waals surface area contributed by atoms with Crippen LogP contribution in [-0.2, 0) is 4.79 Å². The molecule has 0 unspecified atom stereocenters. The number of rotatable bonds is 5. The molecule has 5 rings (SSSR count). The van der Waals surface area contributed by atoms with Gasteiger partial charge in [0.15, 0.2) is 0 Å². The number of hydrogen-bond acceptors (Lipinski definition) is 3. The maximum absolute atomic E-state index is 12.3. The van der Waals surface area contributed by atoms with Gasteiger partial charge in [0.1, 0.15) is 0 Å². The Bertz CT molecular complexity index is 1240. The standard InChI is InChI=1S/C28H27N3O/c1-20-9-14-26-25(17-20)24(21-7-3-2-4-8-21)18-27(30-26)22-10-12-23(13-11-22)29-28(32)19-31-15-5-6-16-31/h2-4,7-14,17-18H,5-6,15-16,19H2,1H3,(H,29,32). The molecule has 0 bridgehead atoms. The van der Waals surface area contributed by atoms with E-state index in [1.807, 2.05) is 30.3 Å². The van der Waals surface area contributed by atoms with E-state index in [-0.39, 0.29) is 5.91 Å². The van der Waals surface area contributed by atoms with Crippen molar-refractivity contribution in [3.63, 3.8) is 0 Å². The Labute approximate surface area is 188 Å². The second-order valence-electron chi connectivity index (χ2n) is 8.55. The Balaban J connectivity index is 1.44. The second-order valence-corrected chi connectivity index (χ2v) is 8.55. The van der Waals surface area contributed by atoms with E-state index >= 15 is 0 Å². The van der Waals surface area contributed by atoms with E-state index in [9.17, 15) is 4.79 Å². The molecular weight excluding hydrogens is 394 g/mol. The number of aryl methyl sites for hydroxylation is 1. The summed E-state index contributed by atoms with van der Waals surface area (Å²) in [5.74, 6) is 0.0465. The summed E-state index contributed by atoms with van der Waals surface area (Å²) in [5, 5.41) is 4.18. The third kappa shape index (κ3) is 4.41. The minimum Gasteiger partial charge on any atom is -0.325 e. The Morgan fingerprint density at radius 1 is 0.906 bits per heavy atom. The Morgan fingerprint density at radius 3 is 2.41 bits per heavy atom. The zero-order chi connectivity index (χ0) is 21.9. The Kier molecular flexibility index (Phi) is 5.70. The summed E-state index contributed by atoms with van der Waals surface area (Å²) in [6.45, 7) is 4.61. The van der Waals surface area contributed by atoms with Gasteiger partial charge in [-0.25, -0.2) is 4.98 Å². The smallest absolute Gasteiger partial charge is 0.238 e. The van der Waals surface area contributed by atoms with Crippen LogP contribution in [0.1, 0.15) is 18.4 Å². The first-order chi connectivity index (χ1) is 15.7. The van der Waals surface area contributed by atoms with Gasteiger partial charge in [-0.15, -0.1) is 0 Å². The molecule has 0 spiro atoms. The second kappa shape index (κ2) is 8.93. The first kappa shape index (κ1) is 20.4. The largest absolute Gasteiger partial charge is 0.325 e. The average Bonchev–Trinajstić information content (AvgIpc) is 3.32. The van der Waals surface area contributed by atoms with Crippen LogP contribution in [0.3, 0.4) is 0 Å². The van der Waals surface area contributed by atoms with Crippen LogP contribution in [-0.4, -0.2) is 35.4 Å². The molecule has 1 fully saturated rings. The molecule has 1 saturated heterocycles. The maximum atomic E-state index is 12.3. The fourth-order valence-corrected chi connectivity index (χ4v) is 4.41. The predicted octanol–water partition coefficient (Wildman–Crippen LogP) is 5.91. The molecule has 4 nitrogen and oxygen atoms in total. The number of benzene rings is 3. The van der Waals surface area contributed by atoms with Crippen molar-refractivity contribution in [1.29, 1.82) is 0 Å². The lowest BCUT2D eigenvalue weighted by Crippen LogP contribution is -2.30. The number of likely N-dealkylation sites (tertiary alicyclic amines) is 1. The highest BCUT2D eigenvalue weighted by molar-refractivity contribution is 5.97. The third-order valence-electron chi connectivity index (χ3n) is 6.08. The summed E-state index contributed by atoms with van der Waals surface area (Å²) in [6.07, 6.45) is 2.37. The summed E-state index contributed by atoms with van der Waals surface area (Å²) in [7, 11) is 0. The number of nitrogens with one attached hydrogen (secondary N) is 1. The minimum atomic E-state index is 0.0465. The van der Waals surface area contributed by atoms with Gasteiger partial charge in [0.25, 0.3) is 0 Å². The highest BCUT2D eigenvalue weighted by Gasteiger charge is 2.15. The van der Waals surface area contributed by atoms with E-state index in [0.29, 0.717) is 6.54 Å². The molecule has 1 aromatic heterocycles. The average molecular weight is 422 g/mol. The van der Waals surface area contributed by atoms with Gasteiger partial charge in [-0.3, -0.25) is 9.69 Å². The van der Waals surface area contributed by atoms with Gasteiger partial charge in [0.05, 0.1) is 17.8 Å². The van der Waals surface area contributed by atoms with E-state index in [2.05, 4.69) is 65.7 Å². The molecule has 0 radical (unpaired) electrons. The number of fused-ring (bicyclic) bond motifs is 1.